The molecular formula is C15H22N8O. The van der Waals surface area contributed by atoms with E-state index in [0.29, 0.717) is 6.04 Å². The number of anilines is 1. The number of rotatable bonds is 6. The minimum Gasteiger partial charge on any atom is -0.374 e. The lowest BCUT2D eigenvalue weighted by atomic mass is 10.2. The molecule has 9 nitrogen and oxygen atoms in total. The van der Waals surface area contributed by atoms with Gasteiger partial charge in [-0.1, -0.05) is 0 Å². The Bertz CT molecular complexity index is 659. The lowest BCUT2D eigenvalue weighted by Gasteiger charge is -2.34. The number of hydrogen-bond donors (Lipinski definition) is 0. The molecule has 1 aliphatic heterocycles. The zero-order chi connectivity index (χ0) is 16.4. The Balaban J connectivity index is 1.34. The van der Waals surface area contributed by atoms with Crippen LogP contribution in [0.15, 0.2) is 18.3 Å². The van der Waals surface area contributed by atoms with Crippen molar-refractivity contribution in [3.63, 3.8) is 0 Å². The molecule has 128 valence electrons. The van der Waals surface area contributed by atoms with Crippen molar-refractivity contribution in [2.45, 2.75) is 31.5 Å². The van der Waals surface area contributed by atoms with Crippen LogP contribution in [-0.2, 0) is 11.3 Å². The van der Waals surface area contributed by atoms with E-state index in [4.69, 9.17) is 4.74 Å². The van der Waals surface area contributed by atoms with E-state index in [1.807, 2.05) is 23.9 Å². The van der Waals surface area contributed by atoms with Crippen LogP contribution in [0.25, 0.3) is 0 Å². The van der Waals surface area contributed by atoms with Crippen LogP contribution < -0.4 is 4.90 Å². The number of likely N-dealkylation sites (N-methyl/N-ethyl adjacent to an activating group) is 1. The van der Waals surface area contributed by atoms with Crippen molar-refractivity contribution in [3.05, 3.63) is 24.2 Å². The second kappa shape index (κ2) is 6.78. The Kier molecular flexibility index (Phi) is 4.35. The molecule has 3 heterocycles. The second-order valence-corrected chi connectivity index (χ2v) is 6.46. The van der Waals surface area contributed by atoms with Gasteiger partial charge in [-0.3, -0.25) is 4.90 Å². The van der Waals surface area contributed by atoms with Gasteiger partial charge in [0.1, 0.15) is 0 Å². The van der Waals surface area contributed by atoms with E-state index in [-0.39, 0.29) is 6.10 Å². The van der Waals surface area contributed by atoms with Crippen molar-refractivity contribution >= 4 is 5.82 Å². The number of morpholine rings is 1. The summed E-state index contributed by atoms with van der Waals surface area (Å²) in [7, 11) is 2.01. The fourth-order valence-corrected chi connectivity index (χ4v) is 3.05. The maximum Gasteiger partial charge on any atom is 0.165 e. The van der Waals surface area contributed by atoms with Crippen molar-refractivity contribution in [2.75, 3.05) is 38.2 Å². The summed E-state index contributed by atoms with van der Waals surface area (Å²) in [6, 6.07) is 4.36. The monoisotopic (exact) mass is 330 g/mol. The van der Waals surface area contributed by atoms with E-state index in [1.165, 1.54) is 12.8 Å². The van der Waals surface area contributed by atoms with Gasteiger partial charge in [0, 0.05) is 32.9 Å². The summed E-state index contributed by atoms with van der Waals surface area (Å²) in [6.45, 7) is 4.05. The lowest BCUT2D eigenvalue weighted by molar-refractivity contribution is -0.0276. The lowest BCUT2D eigenvalue weighted by Crippen LogP contribution is -2.47. The topological polar surface area (TPSA) is 85.1 Å². The summed E-state index contributed by atoms with van der Waals surface area (Å²) in [5.74, 6) is 1.82. The summed E-state index contributed by atoms with van der Waals surface area (Å²) >= 11 is 0. The molecule has 4 rings (SSSR count). The second-order valence-electron chi connectivity index (χ2n) is 6.46. The highest BCUT2D eigenvalue weighted by Crippen LogP contribution is 2.34. The fourth-order valence-electron chi connectivity index (χ4n) is 3.05. The molecule has 0 unspecified atom stereocenters. The first-order valence-electron chi connectivity index (χ1n) is 8.39. The van der Waals surface area contributed by atoms with Gasteiger partial charge in [0.05, 0.1) is 25.3 Å². The summed E-state index contributed by atoms with van der Waals surface area (Å²) < 4.78 is 7.90. The molecule has 2 aromatic heterocycles. The smallest absolute Gasteiger partial charge is 0.165 e. The Morgan fingerprint density at radius 2 is 2.25 bits per heavy atom. The molecule has 2 aromatic rings. The Hall–Kier alpha value is -2.13. The highest BCUT2D eigenvalue weighted by molar-refractivity contribution is 5.35. The van der Waals surface area contributed by atoms with Crippen molar-refractivity contribution in [3.8, 4) is 0 Å². The number of nitrogens with zero attached hydrogens (tertiary/aromatic N) is 8. The molecule has 24 heavy (non-hydrogen) atoms. The molecule has 9 heteroatoms. The summed E-state index contributed by atoms with van der Waals surface area (Å²) in [5.41, 5.74) is 0. The molecule has 0 amide bonds. The van der Waals surface area contributed by atoms with Crippen LogP contribution in [0.3, 0.4) is 0 Å². The van der Waals surface area contributed by atoms with Gasteiger partial charge in [0.15, 0.2) is 11.6 Å². The minimum absolute atomic E-state index is 0.135. The largest absolute Gasteiger partial charge is 0.374 e. The van der Waals surface area contributed by atoms with Gasteiger partial charge >= 0.3 is 0 Å². The normalized spacial score (nSPS) is 21.8. The maximum absolute atomic E-state index is 5.92. The molecule has 1 atom stereocenters. The molecule has 1 aliphatic carbocycles. The average Bonchev–Trinajstić information content (AvgIpc) is 3.36. The van der Waals surface area contributed by atoms with Gasteiger partial charge < -0.3 is 9.64 Å². The van der Waals surface area contributed by atoms with Crippen LogP contribution in [0.5, 0.6) is 0 Å². The van der Waals surface area contributed by atoms with Gasteiger partial charge in [-0.05, 0) is 35.4 Å². The van der Waals surface area contributed by atoms with Crippen molar-refractivity contribution in [1.29, 1.82) is 0 Å². The molecule has 2 aliphatic rings. The van der Waals surface area contributed by atoms with Gasteiger partial charge in [0.2, 0.25) is 0 Å². The first-order valence-corrected chi connectivity index (χ1v) is 8.39. The third kappa shape index (κ3) is 3.51. The summed E-state index contributed by atoms with van der Waals surface area (Å²) in [6.07, 6.45) is 4.19. The molecule has 2 fully saturated rings. The van der Waals surface area contributed by atoms with E-state index < -0.39 is 0 Å². The Labute approximate surface area is 140 Å². The van der Waals surface area contributed by atoms with Crippen LogP contribution in [0.1, 0.15) is 24.7 Å². The van der Waals surface area contributed by atoms with Crippen molar-refractivity contribution in [1.82, 2.24) is 35.3 Å². The fraction of sp³-hybridized carbons (Fsp3) is 0.667. The standard InChI is InChI=1S/C15H22N8O/c1-21(14-3-2-6-16-17-14)9-13-10-22(7-8-24-13)11-15-18-19-20-23(15)12-4-5-12/h2-3,6,12-13H,4-5,7-11H2,1H3/t13-/m0/s1. The SMILES string of the molecule is CN(C[C@H]1CN(Cc2nnnn2C2CC2)CCO1)c1cccnn1. The molecule has 1 saturated carbocycles. The van der Waals surface area contributed by atoms with Gasteiger partial charge in [-0.2, -0.15) is 5.10 Å². The molecule has 0 N–H and O–H groups in total. The van der Waals surface area contributed by atoms with Gasteiger partial charge in [0.25, 0.3) is 0 Å². The Morgan fingerprint density at radius 1 is 1.33 bits per heavy atom. The summed E-state index contributed by atoms with van der Waals surface area (Å²) in [4.78, 5) is 4.44. The molecular weight excluding hydrogens is 308 g/mol. The summed E-state index contributed by atoms with van der Waals surface area (Å²) in [5, 5.41) is 20.2. The number of tetrazole rings is 1. The average molecular weight is 330 g/mol. The predicted octanol–water partition coefficient (Wildman–Crippen LogP) is 0.135. The highest BCUT2D eigenvalue weighted by atomic mass is 16.5. The van der Waals surface area contributed by atoms with Crippen LogP contribution >= 0.6 is 0 Å². The van der Waals surface area contributed by atoms with Crippen LogP contribution in [0, 0.1) is 0 Å². The third-order valence-corrected chi connectivity index (χ3v) is 4.47. The van der Waals surface area contributed by atoms with E-state index >= 15 is 0 Å². The minimum atomic E-state index is 0.135. The molecule has 0 bridgehead atoms. The molecule has 1 saturated heterocycles. The van der Waals surface area contributed by atoms with E-state index in [2.05, 4.69) is 35.5 Å². The zero-order valence-electron chi connectivity index (χ0n) is 13.8. The van der Waals surface area contributed by atoms with Crippen LogP contribution in [0.4, 0.5) is 5.82 Å². The Morgan fingerprint density at radius 3 is 3.04 bits per heavy atom. The third-order valence-electron chi connectivity index (χ3n) is 4.47. The molecule has 0 radical (unpaired) electrons. The zero-order valence-corrected chi connectivity index (χ0v) is 13.8. The van der Waals surface area contributed by atoms with Crippen LogP contribution in [-0.4, -0.2) is 74.7 Å². The number of aromatic nitrogens is 6. The van der Waals surface area contributed by atoms with E-state index in [1.54, 1.807) is 6.20 Å². The van der Waals surface area contributed by atoms with Gasteiger partial charge in [-0.15, -0.1) is 10.2 Å². The van der Waals surface area contributed by atoms with E-state index in [9.17, 15) is 0 Å². The maximum atomic E-state index is 5.92. The van der Waals surface area contributed by atoms with Crippen molar-refractivity contribution < 1.29 is 4.74 Å². The van der Waals surface area contributed by atoms with Crippen LogP contribution in [0.2, 0.25) is 0 Å². The molecule has 0 spiro atoms. The number of ether oxygens (including phenoxy) is 1. The predicted molar refractivity (Wildman–Crippen MR) is 86.4 cm³/mol. The quantitative estimate of drug-likeness (QED) is 0.739. The first-order chi connectivity index (χ1) is 11.8. The highest BCUT2D eigenvalue weighted by Gasteiger charge is 2.29. The van der Waals surface area contributed by atoms with Gasteiger partial charge in [-0.25, -0.2) is 4.68 Å². The molecule has 0 aromatic carbocycles. The van der Waals surface area contributed by atoms with E-state index in [0.717, 1.165) is 44.4 Å². The number of hydrogen-bond acceptors (Lipinski definition) is 8. The first kappa shape index (κ1) is 15.4. The van der Waals surface area contributed by atoms with Crippen molar-refractivity contribution in [2.24, 2.45) is 0 Å².